The number of aldehydes is 1. The molecular weight excluding hydrogens is 512 g/mol. The normalized spacial score (nSPS) is 9.89. The van der Waals surface area contributed by atoms with Crippen LogP contribution in [0, 0.1) is 5.82 Å². The van der Waals surface area contributed by atoms with Crippen LogP contribution in [0.25, 0.3) is 22.8 Å². The van der Waals surface area contributed by atoms with Crippen molar-refractivity contribution in [1.29, 1.82) is 0 Å². The molecule has 2 aromatic heterocycles. The van der Waals surface area contributed by atoms with Crippen LogP contribution in [0.3, 0.4) is 0 Å². The highest BCUT2D eigenvalue weighted by molar-refractivity contribution is 5.85. The topological polar surface area (TPSA) is 75.6 Å². The van der Waals surface area contributed by atoms with Crippen LogP contribution < -0.4 is 5.32 Å². The Morgan fingerprint density at radius 1 is 0.919 bits per heavy atom. The number of carbonyl (C=O) groups is 1. The summed E-state index contributed by atoms with van der Waals surface area (Å²) in [5.41, 5.74) is 4.59. The van der Waals surface area contributed by atoms with Gasteiger partial charge in [-0.15, -0.1) is 24.8 Å². The number of H-pyrrole nitrogens is 1. The first-order valence-corrected chi connectivity index (χ1v) is 11.2. The van der Waals surface area contributed by atoms with E-state index < -0.39 is 0 Å². The molecule has 0 bridgehead atoms. The summed E-state index contributed by atoms with van der Waals surface area (Å²) < 4.78 is 15.2. The Morgan fingerprint density at radius 3 is 2.11 bits per heavy atom. The predicted octanol–water partition coefficient (Wildman–Crippen LogP) is 6.19. The largest absolute Gasteiger partial charge is 0.336 e. The average Bonchev–Trinajstić information content (AvgIpc) is 3.54. The van der Waals surface area contributed by atoms with Crippen molar-refractivity contribution in [1.82, 2.24) is 24.8 Å². The number of aromatic amines is 1. The highest BCUT2D eigenvalue weighted by Gasteiger charge is 2.10. The molecular formula is C28H28Cl2FN5O. The molecule has 2 N–H and O–H groups in total. The van der Waals surface area contributed by atoms with E-state index in [1.165, 1.54) is 18.3 Å². The molecule has 0 fully saturated rings. The molecule has 0 aliphatic carbocycles. The lowest BCUT2D eigenvalue weighted by atomic mass is 10.2. The van der Waals surface area contributed by atoms with Crippen LogP contribution in [0.5, 0.6) is 0 Å². The standard InChI is InChI=1S/C18H18FN3.C10H8N2O.2ClH/c1-20-11-17-13-22(12-14-7-9-16(19)10-8-14)18(21-17)15-5-3-2-4-6-15;13-7-9-6-11-10(12-9)8-4-2-1-3-5-8;;/h2-10,13,20H,11-12H2,1H3;1-7H,(H,11,12);2*1H. The summed E-state index contributed by atoms with van der Waals surface area (Å²) in [4.78, 5) is 22.1. The third-order valence-electron chi connectivity index (χ3n) is 5.25. The van der Waals surface area contributed by atoms with Gasteiger partial charge in [0.05, 0.1) is 17.6 Å². The van der Waals surface area contributed by atoms with Crippen LogP contribution in [0.2, 0.25) is 0 Å². The summed E-state index contributed by atoms with van der Waals surface area (Å²) >= 11 is 0. The highest BCUT2D eigenvalue weighted by atomic mass is 35.5. The Bertz CT molecular complexity index is 1360. The first-order chi connectivity index (χ1) is 17.2. The van der Waals surface area contributed by atoms with E-state index in [1.807, 2.05) is 86.0 Å². The number of imidazole rings is 2. The van der Waals surface area contributed by atoms with Crippen LogP contribution >= 0.6 is 24.8 Å². The number of aromatic nitrogens is 4. The molecule has 0 aliphatic rings. The van der Waals surface area contributed by atoms with E-state index in [-0.39, 0.29) is 30.6 Å². The monoisotopic (exact) mass is 539 g/mol. The van der Waals surface area contributed by atoms with Crippen LogP contribution in [0.1, 0.15) is 21.7 Å². The second-order valence-corrected chi connectivity index (χ2v) is 7.88. The number of rotatable bonds is 7. The number of nitrogens with zero attached hydrogens (tertiary/aromatic N) is 3. The lowest BCUT2D eigenvalue weighted by molar-refractivity contribution is 0.111. The van der Waals surface area contributed by atoms with Gasteiger partial charge in [-0.3, -0.25) is 4.79 Å². The van der Waals surface area contributed by atoms with Crippen molar-refractivity contribution in [3.63, 3.8) is 0 Å². The third kappa shape index (κ3) is 8.11. The maximum atomic E-state index is 13.0. The van der Waals surface area contributed by atoms with Gasteiger partial charge in [0.15, 0.2) is 6.29 Å². The van der Waals surface area contributed by atoms with E-state index in [9.17, 15) is 9.18 Å². The van der Waals surface area contributed by atoms with Crippen molar-refractivity contribution >= 4 is 31.1 Å². The lowest BCUT2D eigenvalue weighted by Crippen LogP contribution is -2.05. The van der Waals surface area contributed by atoms with E-state index >= 15 is 0 Å². The molecule has 6 nitrogen and oxygen atoms in total. The smallest absolute Gasteiger partial charge is 0.167 e. The average molecular weight is 540 g/mol. The van der Waals surface area contributed by atoms with Crippen molar-refractivity contribution in [3.05, 3.63) is 120 Å². The minimum absolute atomic E-state index is 0. The molecule has 3 aromatic carbocycles. The number of halogens is 3. The van der Waals surface area contributed by atoms with Gasteiger partial charge < -0.3 is 14.9 Å². The second-order valence-electron chi connectivity index (χ2n) is 7.88. The fourth-order valence-electron chi connectivity index (χ4n) is 3.60. The summed E-state index contributed by atoms with van der Waals surface area (Å²) in [6, 6.07) is 26.4. The molecule has 5 rings (SSSR count). The molecule has 0 aliphatic heterocycles. The fourth-order valence-corrected chi connectivity index (χ4v) is 3.60. The van der Waals surface area contributed by atoms with Gasteiger partial charge in [0.25, 0.3) is 0 Å². The predicted molar refractivity (Wildman–Crippen MR) is 150 cm³/mol. The lowest BCUT2D eigenvalue weighted by Gasteiger charge is -2.08. The highest BCUT2D eigenvalue weighted by Crippen LogP contribution is 2.20. The van der Waals surface area contributed by atoms with Crippen LogP contribution in [-0.4, -0.2) is 32.9 Å². The van der Waals surface area contributed by atoms with Crippen LogP contribution in [0.4, 0.5) is 4.39 Å². The number of nitrogens with one attached hydrogen (secondary N) is 2. The molecule has 2 heterocycles. The van der Waals surface area contributed by atoms with Gasteiger partial charge >= 0.3 is 0 Å². The Labute approximate surface area is 227 Å². The number of carbonyl (C=O) groups excluding carboxylic acids is 1. The zero-order chi connectivity index (χ0) is 24.5. The molecule has 9 heteroatoms. The van der Waals surface area contributed by atoms with Gasteiger partial charge in [0.2, 0.25) is 0 Å². The molecule has 5 aromatic rings. The molecule has 37 heavy (non-hydrogen) atoms. The molecule has 0 radical (unpaired) electrons. The van der Waals surface area contributed by atoms with Gasteiger partial charge in [0, 0.05) is 30.4 Å². The van der Waals surface area contributed by atoms with E-state index in [1.54, 1.807) is 0 Å². The molecule has 0 atom stereocenters. The summed E-state index contributed by atoms with van der Waals surface area (Å²) in [6.07, 6.45) is 4.32. The molecule has 0 unspecified atom stereocenters. The Balaban J connectivity index is 0.000000277. The van der Waals surface area contributed by atoms with Crippen molar-refractivity contribution in [2.45, 2.75) is 13.1 Å². The van der Waals surface area contributed by atoms with Crippen molar-refractivity contribution in [2.75, 3.05) is 7.05 Å². The minimum Gasteiger partial charge on any atom is -0.336 e. The Kier molecular flexibility index (Phi) is 11.7. The van der Waals surface area contributed by atoms with E-state index in [0.29, 0.717) is 12.2 Å². The van der Waals surface area contributed by atoms with Gasteiger partial charge in [-0.05, 0) is 24.7 Å². The van der Waals surface area contributed by atoms with Gasteiger partial charge in [-0.1, -0.05) is 72.8 Å². The Hall–Kier alpha value is -3.78. The summed E-state index contributed by atoms with van der Waals surface area (Å²) in [7, 11) is 1.90. The number of benzene rings is 3. The van der Waals surface area contributed by atoms with Crippen molar-refractivity contribution < 1.29 is 9.18 Å². The molecule has 0 saturated heterocycles. The zero-order valence-electron chi connectivity index (χ0n) is 20.2. The van der Waals surface area contributed by atoms with Gasteiger partial charge in [0.1, 0.15) is 17.5 Å². The van der Waals surface area contributed by atoms with Crippen LogP contribution in [-0.2, 0) is 13.1 Å². The van der Waals surface area contributed by atoms with Crippen molar-refractivity contribution in [3.8, 4) is 22.8 Å². The second kappa shape index (κ2) is 14.7. The first-order valence-electron chi connectivity index (χ1n) is 11.2. The molecule has 0 saturated carbocycles. The fraction of sp³-hybridized carbons (Fsp3) is 0.107. The first kappa shape index (κ1) is 29.5. The van der Waals surface area contributed by atoms with Crippen molar-refractivity contribution in [2.24, 2.45) is 0 Å². The van der Waals surface area contributed by atoms with E-state index in [2.05, 4.69) is 19.9 Å². The van der Waals surface area contributed by atoms with E-state index in [4.69, 9.17) is 4.98 Å². The molecule has 0 spiro atoms. The maximum absolute atomic E-state index is 13.0. The number of hydrogen-bond acceptors (Lipinski definition) is 4. The van der Waals surface area contributed by atoms with E-state index in [0.717, 1.165) is 46.9 Å². The Morgan fingerprint density at radius 2 is 1.54 bits per heavy atom. The molecule has 0 amide bonds. The summed E-state index contributed by atoms with van der Waals surface area (Å²) in [6.45, 7) is 1.39. The summed E-state index contributed by atoms with van der Waals surface area (Å²) in [5.74, 6) is 1.44. The molecule has 192 valence electrons. The van der Waals surface area contributed by atoms with Crippen LogP contribution in [0.15, 0.2) is 97.3 Å². The summed E-state index contributed by atoms with van der Waals surface area (Å²) in [5, 5.41) is 3.12. The SMILES string of the molecule is CNCc1cn(Cc2ccc(F)cc2)c(-c2ccccc2)n1.Cl.Cl.O=Cc1cnc(-c2ccccc2)[nH]1. The zero-order valence-corrected chi connectivity index (χ0v) is 21.8. The minimum atomic E-state index is -0.214. The third-order valence-corrected chi connectivity index (χ3v) is 5.25. The maximum Gasteiger partial charge on any atom is 0.167 e. The van der Waals surface area contributed by atoms with Gasteiger partial charge in [-0.2, -0.15) is 0 Å². The number of hydrogen-bond donors (Lipinski definition) is 2. The quantitative estimate of drug-likeness (QED) is 0.242. The van der Waals surface area contributed by atoms with Gasteiger partial charge in [-0.25, -0.2) is 14.4 Å².